The molecule has 0 radical (unpaired) electrons. The summed E-state index contributed by atoms with van der Waals surface area (Å²) >= 11 is 0. The summed E-state index contributed by atoms with van der Waals surface area (Å²) in [5, 5.41) is 9.02. The minimum Gasteiger partial charge on any atom is -0.496 e. The summed E-state index contributed by atoms with van der Waals surface area (Å²) in [6.45, 7) is 2.90. The van der Waals surface area contributed by atoms with E-state index in [4.69, 9.17) is 10.00 Å². The number of pyridine rings is 1. The molecule has 1 aromatic heterocycles. The van der Waals surface area contributed by atoms with Gasteiger partial charge in [-0.05, 0) is 24.6 Å². The van der Waals surface area contributed by atoms with Crippen LogP contribution in [0, 0.1) is 11.3 Å². The van der Waals surface area contributed by atoms with Crippen molar-refractivity contribution in [3.05, 3.63) is 53.7 Å². The SMILES string of the molecule is COc1ccccc1CC(=O)N1CCCN(c2cccc(C#N)n2)CC1. The predicted molar refractivity (Wildman–Crippen MR) is 99.1 cm³/mol. The Kier molecular flexibility index (Phi) is 5.69. The third-order valence-corrected chi connectivity index (χ3v) is 4.56. The highest BCUT2D eigenvalue weighted by Gasteiger charge is 2.21. The molecule has 1 saturated heterocycles. The Morgan fingerprint density at radius 2 is 2.00 bits per heavy atom. The number of methoxy groups -OCH3 is 1. The van der Waals surface area contributed by atoms with E-state index in [0.29, 0.717) is 25.2 Å². The molecule has 1 amide bonds. The van der Waals surface area contributed by atoms with E-state index in [9.17, 15) is 4.79 Å². The summed E-state index contributed by atoms with van der Waals surface area (Å²) in [5.41, 5.74) is 1.32. The number of hydrogen-bond acceptors (Lipinski definition) is 5. The van der Waals surface area contributed by atoms with Crippen molar-refractivity contribution in [1.29, 1.82) is 5.26 Å². The Labute approximate surface area is 153 Å². The number of ether oxygens (including phenoxy) is 1. The molecule has 0 unspecified atom stereocenters. The molecular weight excluding hydrogens is 328 g/mol. The Balaban J connectivity index is 1.64. The third-order valence-electron chi connectivity index (χ3n) is 4.56. The van der Waals surface area contributed by atoms with Crippen LogP contribution in [0.15, 0.2) is 42.5 Å². The zero-order valence-electron chi connectivity index (χ0n) is 14.9. The van der Waals surface area contributed by atoms with Crippen LogP contribution in [0.5, 0.6) is 5.75 Å². The highest BCUT2D eigenvalue weighted by atomic mass is 16.5. The van der Waals surface area contributed by atoms with Crippen LogP contribution in [-0.2, 0) is 11.2 Å². The lowest BCUT2D eigenvalue weighted by atomic mass is 10.1. The van der Waals surface area contributed by atoms with E-state index in [1.54, 1.807) is 13.2 Å². The van der Waals surface area contributed by atoms with Crippen LogP contribution in [0.1, 0.15) is 17.7 Å². The molecule has 3 rings (SSSR count). The van der Waals surface area contributed by atoms with Crippen molar-refractivity contribution in [2.24, 2.45) is 0 Å². The van der Waals surface area contributed by atoms with Gasteiger partial charge in [-0.25, -0.2) is 4.98 Å². The molecule has 1 aromatic carbocycles. The highest BCUT2D eigenvalue weighted by molar-refractivity contribution is 5.79. The van der Waals surface area contributed by atoms with Gasteiger partial charge < -0.3 is 14.5 Å². The number of aromatic nitrogens is 1. The van der Waals surface area contributed by atoms with E-state index in [1.165, 1.54) is 0 Å². The zero-order valence-corrected chi connectivity index (χ0v) is 14.9. The zero-order chi connectivity index (χ0) is 18.4. The Morgan fingerprint density at radius 3 is 2.81 bits per heavy atom. The van der Waals surface area contributed by atoms with Crippen LogP contribution in [0.2, 0.25) is 0 Å². The molecule has 1 aliphatic rings. The molecule has 26 heavy (non-hydrogen) atoms. The van der Waals surface area contributed by atoms with Crippen LogP contribution in [0.4, 0.5) is 5.82 Å². The molecule has 0 N–H and O–H groups in total. The van der Waals surface area contributed by atoms with Gasteiger partial charge in [0.2, 0.25) is 5.91 Å². The second kappa shape index (κ2) is 8.34. The number of anilines is 1. The number of nitrogens with zero attached hydrogens (tertiary/aromatic N) is 4. The Hall–Kier alpha value is -3.07. The van der Waals surface area contributed by atoms with E-state index >= 15 is 0 Å². The van der Waals surface area contributed by atoms with Gasteiger partial charge in [-0.15, -0.1) is 0 Å². The molecule has 6 heteroatoms. The minimum absolute atomic E-state index is 0.107. The first-order valence-corrected chi connectivity index (χ1v) is 8.73. The maximum absolute atomic E-state index is 12.7. The van der Waals surface area contributed by atoms with Crippen molar-refractivity contribution < 1.29 is 9.53 Å². The van der Waals surface area contributed by atoms with E-state index in [2.05, 4.69) is 16.0 Å². The van der Waals surface area contributed by atoms with Gasteiger partial charge in [-0.1, -0.05) is 24.3 Å². The fraction of sp³-hybridized carbons (Fsp3) is 0.350. The molecule has 0 atom stereocenters. The maximum atomic E-state index is 12.7. The molecule has 134 valence electrons. The molecule has 0 bridgehead atoms. The van der Waals surface area contributed by atoms with Gasteiger partial charge in [0.25, 0.3) is 0 Å². The van der Waals surface area contributed by atoms with Crippen LogP contribution < -0.4 is 9.64 Å². The molecule has 0 spiro atoms. The van der Waals surface area contributed by atoms with Crippen molar-refractivity contribution in [1.82, 2.24) is 9.88 Å². The van der Waals surface area contributed by atoms with Crippen LogP contribution in [0.25, 0.3) is 0 Å². The van der Waals surface area contributed by atoms with E-state index < -0.39 is 0 Å². The van der Waals surface area contributed by atoms with Gasteiger partial charge >= 0.3 is 0 Å². The number of benzene rings is 1. The summed E-state index contributed by atoms with van der Waals surface area (Å²) in [4.78, 5) is 21.1. The molecular formula is C20H22N4O2. The smallest absolute Gasteiger partial charge is 0.227 e. The van der Waals surface area contributed by atoms with E-state index in [-0.39, 0.29) is 5.91 Å². The molecule has 6 nitrogen and oxygen atoms in total. The summed E-state index contributed by atoms with van der Waals surface area (Å²) < 4.78 is 5.34. The van der Waals surface area contributed by atoms with Gasteiger partial charge in [-0.2, -0.15) is 5.26 Å². The largest absolute Gasteiger partial charge is 0.496 e. The Morgan fingerprint density at radius 1 is 1.15 bits per heavy atom. The highest BCUT2D eigenvalue weighted by Crippen LogP contribution is 2.19. The van der Waals surface area contributed by atoms with E-state index in [0.717, 1.165) is 36.6 Å². The first kappa shape index (κ1) is 17.7. The van der Waals surface area contributed by atoms with Crippen molar-refractivity contribution >= 4 is 11.7 Å². The minimum atomic E-state index is 0.107. The quantitative estimate of drug-likeness (QED) is 0.846. The molecule has 2 heterocycles. The summed E-state index contributed by atoms with van der Waals surface area (Å²) in [6, 6.07) is 15.2. The lowest BCUT2D eigenvalue weighted by Crippen LogP contribution is -2.36. The second-order valence-corrected chi connectivity index (χ2v) is 6.20. The monoisotopic (exact) mass is 350 g/mol. The predicted octanol–water partition coefficient (Wildman–Crippen LogP) is 2.24. The van der Waals surface area contributed by atoms with Gasteiger partial charge in [0.15, 0.2) is 0 Å². The molecule has 0 aliphatic carbocycles. The standard InChI is InChI=1S/C20H22N4O2/c1-26-18-8-3-2-6-16(18)14-20(25)24-11-5-10-23(12-13-24)19-9-4-7-17(15-21)22-19/h2-4,6-9H,5,10-14H2,1H3. The lowest BCUT2D eigenvalue weighted by molar-refractivity contribution is -0.130. The van der Waals surface area contributed by atoms with Gasteiger partial charge in [-0.3, -0.25) is 4.79 Å². The lowest BCUT2D eigenvalue weighted by Gasteiger charge is -2.23. The molecule has 2 aromatic rings. The molecule has 1 fully saturated rings. The first-order valence-electron chi connectivity index (χ1n) is 8.73. The van der Waals surface area contributed by atoms with Gasteiger partial charge in [0.1, 0.15) is 23.3 Å². The third kappa shape index (κ3) is 4.12. The number of rotatable bonds is 4. The van der Waals surface area contributed by atoms with Crippen LogP contribution in [-0.4, -0.2) is 49.1 Å². The number of nitriles is 1. The summed E-state index contributed by atoms with van der Waals surface area (Å²) in [7, 11) is 1.62. The van der Waals surface area contributed by atoms with Crippen molar-refractivity contribution in [3.63, 3.8) is 0 Å². The Bertz CT molecular complexity index is 815. The average molecular weight is 350 g/mol. The van der Waals surface area contributed by atoms with Crippen molar-refractivity contribution in [2.45, 2.75) is 12.8 Å². The van der Waals surface area contributed by atoms with E-state index in [1.807, 2.05) is 41.3 Å². The summed E-state index contributed by atoms with van der Waals surface area (Å²) in [6.07, 6.45) is 1.21. The average Bonchev–Trinajstić information content (AvgIpc) is 2.95. The number of para-hydroxylation sites is 1. The maximum Gasteiger partial charge on any atom is 0.227 e. The van der Waals surface area contributed by atoms with Crippen molar-refractivity contribution in [2.75, 3.05) is 38.2 Å². The fourth-order valence-electron chi connectivity index (χ4n) is 3.18. The number of hydrogen-bond donors (Lipinski definition) is 0. The topological polar surface area (TPSA) is 69.5 Å². The van der Waals surface area contributed by atoms with Gasteiger partial charge in [0, 0.05) is 31.7 Å². The van der Waals surface area contributed by atoms with Gasteiger partial charge in [0.05, 0.1) is 13.5 Å². The second-order valence-electron chi connectivity index (χ2n) is 6.20. The number of carbonyl (C=O) groups is 1. The number of carbonyl (C=O) groups excluding carboxylic acids is 1. The normalized spacial score (nSPS) is 14.5. The molecule has 0 saturated carbocycles. The first-order chi connectivity index (χ1) is 12.7. The van der Waals surface area contributed by atoms with Crippen LogP contribution in [0.3, 0.4) is 0 Å². The summed E-state index contributed by atoms with van der Waals surface area (Å²) in [5.74, 6) is 1.65. The van der Waals surface area contributed by atoms with Crippen molar-refractivity contribution in [3.8, 4) is 11.8 Å². The fourth-order valence-corrected chi connectivity index (χ4v) is 3.18. The van der Waals surface area contributed by atoms with Crippen LogP contribution >= 0.6 is 0 Å². The molecule has 1 aliphatic heterocycles. The number of amides is 1.